The molecule has 4 heterocycles. The number of pyridine rings is 1. The van der Waals surface area contributed by atoms with Gasteiger partial charge in [0, 0.05) is 30.7 Å². The van der Waals surface area contributed by atoms with Crippen LogP contribution >= 0.6 is 0 Å². The van der Waals surface area contributed by atoms with Crippen molar-refractivity contribution in [2.45, 2.75) is 32.9 Å². The number of fused-ring (bicyclic) bond motifs is 1. The van der Waals surface area contributed by atoms with Crippen molar-refractivity contribution < 1.29 is 8.78 Å². The lowest BCUT2D eigenvalue weighted by atomic mass is 10.1. The zero-order valence-corrected chi connectivity index (χ0v) is 19.5. The Morgan fingerprint density at radius 1 is 1.03 bits per heavy atom. The van der Waals surface area contributed by atoms with Crippen LogP contribution in [0.5, 0.6) is 0 Å². The molecule has 0 radical (unpaired) electrons. The van der Waals surface area contributed by atoms with Gasteiger partial charge in [-0.05, 0) is 52.1 Å². The predicted octanol–water partition coefficient (Wildman–Crippen LogP) is 4.21. The van der Waals surface area contributed by atoms with Crippen LogP contribution < -0.4 is 15.5 Å². The Morgan fingerprint density at radius 2 is 1.82 bits per heavy atom. The summed E-state index contributed by atoms with van der Waals surface area (Å²) >= 11 is 0. The van der Waals surface area contributed by atoms with Gasteiger partial charge in [-0.25, -0.2) is 28.7 Å². The Morgan fingerprint density at radius 3 is 2.50 bits per heavy atom. The largest absolute Gasteiger partial charge is 0.367 e. The maximum Gasteiger partial charge on any atom is 0.229 e. The quantitative estimate of drug-likeness (QED) is 0.442. The summed E-state index contributed by atoms with van der Waals surface area (Å²) < 4.78 is 31.5. The molecule has 1 aromatic carbocycles. The zero-order valence-electron chi connectivity index (χ0n) is 19.5. The van der Waals surface area contributed by atoms with E-state index < -0.39 is 11.6 Å². The van der Waals surface area contributed by atoms with E-state index in [0.29, 0.717) is 28.8 Å². The van der Waals surface area contributed by atoms with E-state index in [0.717, 1.165) is 25.0 Å². The van der Waals surface area contributed by atoms with Crippen LogP contribution in [-0.4, -0.2) is 50.7 Å². The Kier molecular flexibility index (Phi) is 5.60. The van der Waals surface area contributed by atoms with E-state index in [-0.39, 0.29) is 23.2 Å². The lowest BCUT2D eigenvalue weighted by molar-refractivity contribution is 0.450. The predicted molar refractivity (Wildman–Crippen MR) is 128 cm³/mol. The monoisotopic (exact) mass is 464 g/mol. The molecular weight excluding hydrogens is 438 g/mol. The number of hydrogen-bond acceptors (Lipinski definition) is 7. The highest BCUT2D eigenvalue weighted by Gasteiger charge is 2.25. The second-order valence-electron chi connectivity index (χ2n) is 8.76. The smallest absolute Gasteiger partial charge is 0.229 e. The third-order valence-electron chi connectivity index (χ3n) is 6.10. The van der Waals surface area contributed by atoms with Crippen molar-refractivity contribution in [2.24, 2.45) is 0 Å². The molecule has 1 aliphatic rings. The van der Waals surface area contributed by atoms with Gasteiger partial charge >= 0.3 is 0 Å². The molecule has 10 heteroatoms. The number of nitrogens with one attached hydrogen (secondary N) is 2. The molecule has 8 nitrogen and oxygen atoms in total. The highest BCUT2D eigenvalue weighted by molar-refractivity contribution is 5.83. The van der Waals surface area contributed by atoms with Crippen molar-refractivity contribution in [3.63, 3.8) is 0 Å². The highest BCUT2D eigenvalue weighted by Crippen LogP contribution is 2.30. The van der Waals surface area contributed by atoms with E-state index >= 15 is 0 Å². The van der Waals surface area contributed by atoms with Crippen LogP contribution in [-0.2, 0) is 0 Å². The van der Waals surface area contributed by atoms with E-state index in [1.807, 2.05) is 44.5 Å². The summed E-state index contributed by atoms with van der Waals surface area (Å²) in [4.78, 5) is 19.3. The third-order valence-corrected chi connectivity index (χ3v) is 6.10. The summed E-state index contributed by atoms with van der Waals surface area (Å²) in [6.45, 7) is 7.68. The molecule has 5 rings (SSSR count). The molecule has 176 valence electrons. The molecule has 0 saturated carbocycles. The van der Waals surface area contributed by atoms with E-state index in [1.54, 1.807) is 12.3 Å². The standard InChI is InChI=1S/C24H26F2N8/c1-13(2)34-14(3)30-23-18(25)7-15(8-20(23)34)22-19(26)10-29-24(32-22)31-21-6-5-17(9-28-21)33-11-16(12-33)27-4/h5-10,13,16,27H,11-12H2,1-4H3,(H,28,29,31,32). The fourth-order valence-electron chi connectivity index (χ4n) is 4.32. The van der Waals surface area contributed by atoms with Gasteiger partial charge in [0.1, 0.15) is 22.9 Å². The first-order valence-electron chi connectivity index (χ1n) is 11.2. The van der Waals surface area contributed by atoms with Crippen molar-refractivity contribution in [1.29, 1.82) is 0 Å². The van der Waals surface area contributed by atoms with Crippen molar-refractivity contribution in [1.82, 2.24) is 29.8 Å². The second kappa shape index (κ2) is 8.60. The molecule has 0 aliphatic carbocycles. The number of nitrogens with zero attached hydrogens (tertiary/aromatic N) is 6. The molecule has 1 aliphatic heterocycles. The number of rotatable bonds is 6. The number of aromatic nitrogens is 5. The van der Waals surface area contributed by atoms with Gasteiger partial charge in [0.05, 0.1) is 23.6 Å². The van der Waals surface area contributed by atoms with Crippen LogP contribution in [0.1, 0.15) is 25.7 Å². The molecular formula is C24H26F2N8. The Bertz CT molecular complexity index is 1340. The van der Waals surface area contributed by atoms with Gasteiger partial charge in [0.25, 0.3) is 0 Å². The maximum absolute atomic E-state index is 14.9. The van der Waals surface area contributed by atoms with Gasteiger partial charge in [-0.1, -0.05) is 0 Å². The molecule has 0 unspecified atom stereocenters. The summed E-state index contributed by atoms with van der Waals surface area (Å²) in [7, 11) is 1.95. The number of aryl methyl sites for hydroxylation is 1. The molecule has 0 spiro atoms. The van der Waals surface area contributed by atoms with Crippen molar-refractivity contribution in [2.75, 3.05) is 30.4 Å². The minimum Gasteiger partial charge on any atom is -0.367 e. The van der Waals surface area contributed by atoms with Crippen LogP contribution in [0.2, 0.25) is 0 Å². The summed E-state index contributed by atoms with van der Waals surface area (Å²) in [5.74, 6) is 0.232. The average Bonchev–Trinajstić information content (AvgIpc) is 3.12. The third kappa shape index (κ3) is 3.94. The van der Waals surface area contributed by atoms with Crippen LogP contribution in [0.15, 0.2) is 36.7 Å². The Labute approximate surface area is 196 Å². The zero-order chi connectivity index (χ0) is 24.0. The normalized spacial score (nSPS) is 14.1. The van der Waals surface area contributed by atoms with Crippen molar-refractivity contribution in [3.05, 3.63) is 54.1 Å². The highest BCUT2D eigenvalue weighted by atomic mass is 19.1. The lowest BCUT2D eigenvalue weighted by Gasteiger charge is -2.40. The number of benzene rings is 1. The van der Waals surface area contributed by atoms with Crippen LogP contribution in [0.4, 0.5) is 26.2 Å². The molecule has 4 aromatic rings. The fraction of sp³-hybridized carbons (Fsp3) is 0.333. The number of imidazole rings is 1. The van der Waals surface area contributed by atoms with Crippen molar-refractivity contribution in [3.8, 4) is 11.3 Å². The average molecular weight is 465 g/mol. The van der Waals surface area contributed by atoms with Crippen LogP contribution in [0.3, 0.4) is 0 Å². The summed E-state index contributed by atoms with van der Waals surface area (Å²) in [6.07, 6.45) is 2.85. The van der Waals surface area contributed by atoms with Gasteiger partial charge in [0.2, 0.25) is 5.95 Å². The minimum atomic E-state index is -0.642. The summed E-state index contributed by atoms with van der Waals surface area (Å²) in [5, 5.41) is 6.25. The number of likely N-dealkylation sites (N-methyl/N-ethyl adjacent to an activating group) is 1. The first kappa shape index (κ1) is 22.1. The summed E-state index contributed by atoms with van der Waals surface area (Å²) in [5.41, 5.74) is 2.20. The van der Waals surface area contributed by atoms with E-state index in [2.05, 4.69) is 35.5 Å². The number of hydrogen-bond donors (Lipinski definition) is 2. The first-order valence-corrected chi connectivity index (χ1v) is 11.2. The van der Waals surface area contributed by atoms with Gasteiger partial charge in [-0.2, -0.15) is 0 Å². The van der Waals surface area contributed by atoms with Gasteiger partial charge < -0.3 is 20.1 Å². The molecule has 1 saturated heterocycles. The SMILES string of the molecule is CNC1CN(c2ccc(Nc3ncc(F)c(-c4cc(F)c5nc(C)n(C(C)C)c5c4)n3)nc2)C1. The van der Waals surface area contributed by atoms with Crippen LogP contribution in [0, 0.1) is 18.6 Å². The Hall–Kier alpha value is -3.66. The molecule has 3 aromatic heterocycles. The molecule has 34 heavy (non-hydrogen) atoms. The topological polar surface area (TPSA) is 83.8 Å². The van der Waals surface area contributed by atoms with E-state index in [9.17, 15) is 8.78 Å². The second-order valence-corrected chi connectivity index (χ2v) is 8.76. The van der Waals surface area contributed by atoms with Gasteiger partial charge in [-0.15, -0.1) is 0 Å². The van der Waals surface area contributed by atoms with Gasteiger partial charge in [-0.3, -0.25) is 0 Å². The number of anilines is 3. The van der Waals surface area contributed by atoms with E-state index in [1.165, 1.54) is 6.07 Å². The molecule has 0 bridgehead atoms. The Balaban J connectivity index is 1.43. The van der Waals surface area contributed by atoms with E-state index in [4.69, 9.17) is 0 Å². The first-order chi connectivity index (χ1) is 16.3. The van der Waals surface area contributed by atoms with Crippen LogP contribution in [0.25, 0.3) is 22.3 Å². The minimum absolute atomic E-state index is 0.00256. The fourth-order valence-corrected chi connectivity index (χ4v) is 4.32. The summed E-state index contributed by atoms with van der Waals surface area (Å²) in [6, 6.07) is 7.32. The number of halogens is 2. The maximum atomic E-state index is 14.9. The molecule has 2 N–H and O–H groups in total. The molecule has 1 fully saturated rings. The lowest BCUT2D eigenvalue weighted by Crippen LogP contribution is -2.57. The van der Waals surface area contributed by atoms with Crippen molar-refractivity contribution >= 4 is 28.5 Å². The molecule has 0 atom stereocenters. The van der Waals surface area contributed by atoms with Gasteiger partial charge in [0.15, 0.2) is 11.6 Å². The molecule has 0 amide bonds.